The van der Waals surface area contributed by atoms with E-state index in [-0.39, 0.29) is 12.0 Å². The van der Waals surface area contributed by atoms with Crippen LogP contribution in [0.15, 0.2) is 0 Å². The van der Waals surface area contributed by atoms with Crippen LogP contribution in [0.25, 0.3) is 0 Å². The van der Waals surface area contributed by atoms with Gasteiger partial charge in [0.1, 0.15) is 6.10 Å². The summed E-state index contributed by atoms with van der Waals surface area (Å²) in [6.45, 7) is 5.92. The summed E-state index contributed by atoms with van der Waals surface area (Å²) in [6.07, 6.45) is 4.09. The number of rotatable bonds is 3. The van der Waals surface area contributed by atoms with Gasteiger partial charge in [0.25, 0.3) is 0 Å². The fourth-order valence-electron chi connectivity index (χ4n) is 2.62. The second kappa shape index (κ2) is 6.36. The first-order chi connectivity index (χ1) is 8.27. The van der Waals surface area contributed by atoms with E-state index in [2.05, 4.69) is 17.6 Å². The van der Waals surface area contributed by atoms with Gasteiger partial charge in [0.2, 0.25) is 5.91 Å². The molecule has 0 radical (unpaired) electrons. The summed E-state index contributed by atoms with van der Waals surface area (Å²) in [5.74, 6) is 1.35. The second-order valence-electron chi connectivity index (χ2n) is 5.33. The SMILES string of the molecule is CC1CCNCC1CNC(=O)C1CCCCO1. The molecule has 2 rings (SSSR count). The van der Waals surface area contributed by atoms with Gasteiger partial charge in [0.15, 0.2) is 0 Å². The van der Waals surface area contributed by atoms with Crippen molar-refractivity contribution in [3.05, 3.63) is 0 Å². The van der Waals surface area contributed by atoms with Crippen molar-refractivity contribution in [2.45, 2.75) is 38.7 Å². The molecule has 0 aromatic carbocycles. The fraction of sp³-hybridized carbons (Fsp3) is 0.923. The van der Waals surface area contributed by atoms with E-state index < -0.39 is 0 Å². The zero-order valence-corrected chi connectivity index (χ0v) is 10.7. The highest BCUT2D eigenvalue weighted by molar-refractivity contribution is 5.80. The van der Waals surface area contributed by atoms with Crippen LogP contribution in [-0.2, 0) is 9.53 Å². The predicted octanol–water partition coefficient (Wildman–Crippen LogP) is 0.917. The Morgan fingerprint density at radius 1 is 1.41 bits per heavy atom. The standard InChI is InChI=1S/C13H24N2O2/c1-10-5-6-14-8-11(10)9-15-13(16)12-4-2-3-7-17-12/h10-12,14H,2-9H2,1H3,(H,15,16). The van der Waals surface area contributed by atoms with Crippen LogP contribution in [0.3, 0.4) is 0 Å². The molecule has 0 aromatic rings. The van der Waals surface area contributed by atoms with Crippen molar-refractivity contribution >= 4 is 5.91 Å². The summed E-state index contributed by atoms with van der Waals surface area (Å²) in [4.78, 5) is 11.9. The normalized spacial score (nSPS) is 34.3. The van der Waals surface area contributed by atoms with Gasteiger partial charge in [-0.05, 0) is 50.6 Å². The van der Waals surface area contributed by atoms with Crippen molar-refractivity contribution in [3.8, 4) is 0 Å². The molecule has 2 heterocycles. The third-order valence-electron chi connectivity index (χ3n) is 4.00. The van der Waals surface area contributed by atoms with Crippen molar-refractivity contribution in [2.75, 3.05) is 26.2 Å². The highest BCUT2D eigenvalue weighted by Gasteiger charge is 2.25. The summed E-state index contributed by atoms with van der Waals surface area (Å²) < 4.78 is 5.48. The third kappa shape index (κ3) is 3.68. The van der Waals surface area contributed by atoms with Crippen LogP contribution >= 0.6 is 0 Å². The molecule has 0 spiro atoms. The van der Waals surface area contributed by atoms with Crippen molar-refractivity contribution in [1.82, 2.24) is 10.6 Å². The molecule has 2 aliphatic rings. The van der Waals surface area contributed by atoms with E-state index in [4.69, 9.17) is 4.74 Å². The summed E-state index contributed by atoms with van der Waals surface area (Å²) in [5.41, 5.74) is 0. The highest BCUT2D eigenvalue weighted by atomic mass is 16.5. The zero-order chi connectivity index (χ0) is 12.1. The monoisotopic (exact) mass is 240 g/mol. The Morgan fingerprint density at radius 3 is 3.00 bits per heavy atom. The smallest absolute Gasteiger partial charge is 0.249 e. The maximum Gasteiger partial charge on any atom is 0.249 e. The Labute approximate surface area is 103 Å². The number of hydrogen-bond acceptors (Lipinski definition) is 3. The minimum Gasteiger partial charge on any atom is -0.368 e. The van der Waals surface area contributed by atoms with Crippen LogP contribution in [-0.4, -0.2) is 38.3 Å². The molecule has 2 N–H and O–H groups in total. The lowest BCUT2D eigenvalue weighted by atomic mass is 9.88. The number of amides is 1. The quantitative estimate of drug-likeness (QED) is 0.771. The van der Waals surface area contributed by atoms with Crippen molar-refractivity contribution in [3.63, 3.8) is 0 Å². The lowest BCUT2D eigenvalue weighted by Crippen LogP contribution is -2.45. The molecule has 2 fully saturated rings. The molecule has 1 amide bonds. The summed E-state index contributed by atoms with van der Waals surface area (Å²) in [7, 11) is 0. The number of hydrogen-bond donors (Lipinski definition) is 2. The van der Waals surface area contributed by atoms with Gasteiger partial charge in [-0.1, -0.05) is 6.92 Å². The lowest BCUT2D eigenvalue weighted by molar-refractivity contribution is -0.135. The van der Waals surface area contributed by atoms with Crippen LogP contribution in [0, 0.1) is 11.8 Å². The molecule has 3 atom stereocenters. The lowest BCUT2D eigenvalue weighted by Gasteiger charge is -2.30. The number of piperidine rings is 1. The molecule has 0 bridgehead atoms. The molecular weight excluding hydrogens is 216 g/mol. The van der Waals surface area contributed by atoms with E-state index in [0.29, 0.717) is 11.8 Å². The fourth-order valence-corrected chi connectivity index (χ4v) is 2.62. The summed E-state index contributed by atoms with van der Waals surface area (Å²) >= 11 is 0. The number of carbonyl (C=O) groups excluding carboxylic acids is 1. The van der Waals surface area contributed by atoms with Crippen molar-refractivity contribution < 1.29 is 9.53 Å². The summed E-state index contributed by atoms with van der Waals surface area (Å²) in [5, 5.41) is 6.43. The Hall–Kier alpha value is -0.610. The largest absolute Gasteiger partial charge is 0.368 e. The minimum absolute atomic E-state index is 0.0856. The Balaban J connectivity index is 1.71. The molecule has 0 saturated carbocycles. The maximum absolute atomic E-state index is 11.9. The van der Waals surface area contributed by atoms with Crippen LogP contribution in [0.4, 0.5) is 0 Å². The first-order valence-electron chi connectivity index (χ1n) is 6.87. The van der Waals surface area contributed by atoms with Crippen LogP contribution in [0.5, 0.6) is 0 Å². The summed E-state index contributed by atoms with van der Waals surface area (Å²) in [6, 6.07) is 0. The molecule has 4 heteroatoms. The van der Waals surface area contributed by atoms with Gasteiger partial charge < -0.3 is 15.4 Å². The zero-order valence-electron chi connectivity index (χ0n) is 10.7. The predicted molar refractivity (Wildman–Crippen MR) is 66.7 cm³/mol. The van der Waals surface area contributed by atoms with Gasteiger partial charge in [-0.15, -0.1) is 0 Å². The second-order valence-corrected chi connectivity index (χ2v) is 5.33. The number of carbonyl (C=O) groups is 1. The Kier molecular flexibility index (Phi) is 4.80. The average molecular weight is 240 g/mol. The molecular formula is C13H24N2O2. The average Bonchev–Trinajstić information content (AvgIpc) is 2.38. The number of ether oxygens (including phenoxy) is 1. The van der Waals surface area contributed by atoms with Gasteiger partial charge in [-0.25, -0.2) is 0 Å². The molecule has 0 aliphatic carbocycles. The molecule has 4 nitrogen and oxygen atoms in total. The van der Waals surface area contributed by atoms with E-state index in [9.17, 15) is 4.79 Å². The van der Waals surface area contributed by atoms with Crippen LogP contribution in [0.2, 0.25) is 0 Å². The highest BCUT2D eigenvalue weighted by Crippen LogP contribution is 2.18. The first kappa shape index (κ1) is 12.8. The number of nitrogens with one attached hydrogen (secondary N) is 2. The van der Waals surface area contributed by atoms with Crippen molar-refractivity contribution in [2.24, 2.45) is 11.8 Å². The van der Waals surface area contributed by atoms with Gasteiger partial charge in [0.05, 0.1) is 0 Å². The van der Waals surface area contributed by atoms with E-state index in [1.165, 1.54) is 6.42 Å². The molecule has 98 valence electrons. The molecule has 17 heavy (non-hydrogen) atoms. The van der Waals surface area contributed by atoms with Gasteiger partial charge in [0, 0.05) is 13.2 Å². The molecule has 2 aliphatic heterocycles. The maximum atomic E-state index is 11.9. The van der Waals surface area contributed by atoms with E-state index in [0.717, 1.165) is 45.5 Å². The van der Waals surface area contributed by atoms with Crippen LogP contribution < -0.4 is 10.6 Å². The van der Waals surface area contributed by atoms with Crippen LogP contribution in [0.1, 0.15) is 32.6 Å². The molecule has 3 unspecified atom stereocenters. The molecule has 0 aromatic heterocycles. The van der Waals surface area contributed by atoms with Gasteiger partial charge >= 0.3 is 0 Å². The Bertz CT molecular complexity index is 252. The van der Waals surface area contributed by atoms with Gasteiger partial charge in [-0.2, -0.15) is 0 Å². The van der Waals surface area contributed by atoms with E-state index in [1.54, 1.807) is 0 Å². The van der Waals surface area contributed by atoms with Gasteiger partial charge in [-0.3, -0.25) is 4.79 Å². The Morgan fingerprint density at radius 2 is 2.29 bits per heavy atom. The topological polar surface area (TPSA) is 50.4 Å². The first-order valence-corrected chi connectivity index (χ1v) is 6.87. The third-order valence-corrected chi connectivity index (χ3v) is 4.00. The molecule has 2 saturated heterocycles. The van der Waals surface area contributed by atoms with E-state index in [1.807, 2.05) is 0 Å². The van der Waals surface area contributed by atoms with E-state index >= 15 is 0 Å². The minimum atomic E-state index is -0.199. The van der Waals surface area contributed by atoms with Crippen molar-refractivity contribution in [1.29, 1.82) is 0 Å².